The summed E-state index contributed by atoms with van der Waals surface area (Å²) in [5.41, 5.74) is 5.06. The fraction of sp³-hybridized carbons (Fsp3) is 0.562. The van der Waals surface area contributed by atoms with Crippen LogP contribution in [-0.4, -0.2) is 53.2 Å². The summed E-state index contributed by atoms with van der Waals surface area (Å²) in [4.78, 5) is 17.3. The lowest BCUT2D eigenvalue weighted by Crippen LogP contribution is -2.37. The van der Waals surface area contributed by atoms with Gasteiger partial charge in [-0.25, -0.2) is 4.98 Å². The highest BCUT2D eigenvalue weighted by Crippen LogP contribution is 2.34. The Labute approximate surface area is 135 Å². The maximum atomic E-state index is 5.21. The van der Waals surface area contributed by atoms with Crippen molar-refractivity contribution in [3.8, 4) is 10.6 Å². The summed E-state index contributed by atoms with van der Waals surface area (Å²) in [6.07, 6.45) is 5.96. The number of hydrogen-bond donors (Lipinski definition) is 0. The van der Waals surface area contributed by atoms with Crippen LogP contribution in [0.2, 0.25) is 0 Å². The Morgan fingerprint density at radius 2 is 2.18 bits per heavy atom. The first-order chi connectivity index (χ1) is 10.8. The molecule has 1 aliphatic heterocycles. The summed E-state index contributed by atoms with van der Waals surface area (Å²) in [6, 6.07) is 0. The number of methoxy groups -OCH3 is 1. The standard InChI is InChI=1S/C16H22N4OS/c1-12-16(22-11-19-12)15-14(17-5-6-18-15)13-4-3-7-20(10-13)8-9-21-2/h5-6,11,13H,3-4,7-10H2,1-2H3. The fourth-order valence-electron chi connectivity index (χ4n) is 3.05. The van der Waals surface area contributed by atoms with E-state index >= 15 is 0 Å². The Kier molecular flexibility index (Phi) is 5.12. The Bertz CT molecular complexity index is 616. The van der Waals surface area contributed by atoms with Crippen molar-refractivity contribution < 1.29 is 4.74 Å². The van der Waals surface area contributed by atoms with Gasteiger partial charge in [-0.15, -0.1) is 11.3 Å². The van der Waals surface area contributed by atoms with E-state index in [-0.39, 0.29) is 0 Å². The molecule has 22 heavy (non-hydrogen) atoms. The summed E-state index contributed by atoms with van der Waals surface area (Å²) >= 11 is 1.65. The molecule has 0 amide bonds. The monoisotopic (exact) mass is 318 g/mol. The zero-order chi connectivity index (χ0) is 15.4. The topological polar surface area (TPSA) is 51.1 Å². The van der Waals surface area contributed by atoms with Crippen molar-refractivity contribution in [2.75, 3.05) is 33.4 Å². The van der Waals surface area contributed by atoms with Crippen molar-refractivity contribution >= 4 is 11.3 Å². The lowest BCUT2D eigenvalue weighted by molar-refractivity contribution is 0.127. The number of aromatic nitrogens is 3. The average molecular weight is 318 g/mol. The number of nitrogens with zero attached hydrogens (tertiary/aromatic N) is 4. The van der Waals surface area contributed by atoms with Gasteiger partial charge in [0.05, 0.1) is 28.4 Å². The third-order valence-corrected chi connectivity index (χ3v) is 5.13. The molecule has 3 heterocycles. The van der Waals surface area contributed by atoms with Gasteiger partial charge in [0.1, 0.15) is 5.69 Å². The lowest BCUT2D eigenvalue weighted by atomic mass is 9.92. The van der Waals surface area contributed by atoms with Crippen molar-refractivity contribution in [2.45, 2.75) is 25.7 Å². The zero-order valence-electron chi connectivity index (χ0n) is 13.2. The van der Waals surface area contributed by atoms with Gasteiger partial charge in [0, 0.05) is 38.5 Å². The van der Waals surface area contributed by atoms with Crippen LogP contribution in [0.3, 0.4) is 0 Å². The second-order valence-corrected chi connectivity index (χ2v) is 6.54. The minimum Gasteiger partial charge on any atom is -0.383 e. The van der Waals surface area contributed by atoms with Gasteiger partial charge in [-0.05, 0) is 26.3 Å². The molecule has 0 aromatic carbocycles. The summed E-state index contributed by atoms with van der Waals surface area (Å²) in [5, 5.41) is 0. The van der Waals surface area contributed by atoms with Crippen LogP contribution in [0, 0.1) is 6.92 Å². The molecule has 5 nitrogen and oxygen atoms in total. The zero-order valence-corrected chi connectivity index (χ0v) is 14.0. The highest BCUT2D eigenvalue weighted by atomic mass is 32.1. The molecule has 1 unspecified atom stereocenters. The number of thiazole rings is 1. The summed E-state index contributed by atoms with van der Waals surface area (Å²) in [5.74, 6) is 0.441. The molecule has 0 bridgehead atoms. The van der Waals surface area contributed by atoms with Crippen LogP contribution in [0.5, 0.6) is 0 Å². The van der Waals surface area contributed by atoms with Crippen LogP contribution >= 0.6 is 11.3 Å². The van der Waals surface area contributed by atoms with Crippen LogP contribution in [0.1, 0.15) is 30.1 Å². The molecular weight excluding hydrogens is 296 g/mol. The van der Waals surface area contributed by atoms with Crippen LogP contribution in [-0.2, 0) is 4.74 Å². The van der Waals surface area contributed by atoms with E-state index in [1.807, 2.05) is 18.6 Å². The van der Waals surface area contributed by atoms with Gasteiger partial charge in [-0.3, -0.25) is 9.97 Å². The first-order valence-electron chi connectivity index (χ1n) is 7.72. The molecule has 0 N–H and O–H groups in total. The first-order valence-corrected chi connectivity index (χ1v) is 8.60. The normalized spacial score (nSPS) is 19.5. The third-order valence-electron chi connectivity index (χ3n) is 4.19. The van der Waals surface area contributed by atoms with Gasteiger partial charge in [0.25, 0.3) is 0 Å². The van der Waals surface area contributed by atoms with E-state index in [1.165, 1.54) is 12.8 Å². The maximum absolute atomic E-state index is 5.21. The molecule has 1 aliphatic rings. The van der Waals surface area contributed by atoms with E-state index in [9.17, 15) is 0 Å². The quantitative estimate of drug-likeness (QED) is 0.848. The van der Waals surface area contributed by atoms with E-state index in [0.29, 0.717) is 5.92 Å². The van der Waals surface area contributed by atoms with Crippen molar-refractivity contribution in [3.63, 3.8) is 0 Å². The molecule has 1 saturated heterocycles. The molecular formula is C16H22N4OS. The largest absolute Gasteiger partial charge is 0.383 e. The average Bonchev–Trinajstić information content (AvgIpc) is 2.99. The number of hydrogen-bond acceptors (Lipinski definition) is 6. The lowest BCUT2D eigenvalue weighted by Gasteiger charge is -2.32. The highest BCUT2D eigenvalue weighted by molar-refractivity contribution is 7.13. The molecule has 0 radical (unpaired) electrons. The van der Waals surface area contributed by atoms with Crippen molar-refractivity contribution in [2.24, 2.45) is 0 Å². The first kappa shape index (κ1) is 15.5. The third kappa shape index (κ3) is 3.34. The van der Waals surface area contributed by atoms with E-state index in [4.69, 9.17) is 4.74 Å². The number of aryl methyl sites for hydroxylation is 1. The van der Waals surface area contributed by atoms with Gasteiger partial charge in [0.15, 0.2) is 0 Å². The molecule has 6 heteroatoms. The van der Waals surface area contributed by atoms with Crippen molar-refractivity contribution in [1.29, 1.82) is 0 Å². The maximum Gasteiger partial charge on any atom is 0.104 e. The smallest absolute Gasteiger partial charge is 0.104 e. The minimum atomic E-state index is 0.441. The second-order valence-electron chi connectivity index (χ2n) is 5.69. The molecule has 0 aliphatic carbocycles. The van der Waals surface area contributed by atoms with E-state index in [0.717, 1.165) is 48.2 Å². The number of piperidine rings is 1. The number of rotatable bonds is 5. The molecule has 2 aromatic rings. The van der Waals surface area contributed by atoms with Gasteiger partial charge >= 0.3 is 0 Å². The Balaban J connectivity index is 1.84. The Morgan fingerprint density at radius 3 is 2.95 bits per heavy atom. The predicted molar refractivity (Wildman–Crippen MR) is 88.2 cm³/mol. The van der Waals surface area contributed by atoms with E-state index in [2.05, 4.69) is 19.9 Å². The Morgan fingerprint density at radius 1 is 1.32 bits per heavy atom. The number of likely N-dealkylation sites (tertiary alicyclic amines) is 1. The van der Waals surface area contributed by atoms with Crippen LogP contribution in [0.4, 0.5) is 0 Å². The fourth-order valence-corrected chi connectivity index (χ4v) is 3.86. The number of ether oxygens (including phenoxy) is 1. The molecule has 1 fully saturated rings. The van der Waals surface area contributed by atoms with Crippen molar-refractivity contribution in [1.82, 2.24) is 19.9 Å². The summed E-state index contributed by atoms with van der Waals surface area (Å²) in [7, 11) is 1.76. The van der Waals surface area contributed by atoms with Crippen molar-refractivity contribution in [3.05, 3.63) is 29.3 Å². The molecule has 2 aromatic heterocycles. The second kappa shape index (κ2) is 7.26. The predicted octanol–water partition coefficient (Wildman–Crippen LogP) is 2.73. The van der Waals surface area contributed by atoms with Gasteiger partial charge < -0.3 is 9.64 Å². The SMILES string of the molecule is COCCN1CCCC(c2nccnc2-c2scnc2C)C1. The summed E-state index contributed by atoms with van der Waals surface area (Å²) in [6.45, 7) is 5.99. The summed E-state index contributed by atoms with van der Waals surface area (Å²) < 4.78 is 5.21. The van der Waals surface area contributed by atoms with E-state index < -0.39 is 0 Å². The van der Waals surface area contributed by atoms with Crippen LogP contribution in [0.25, 0.3) is 10.6 Å². The van der Waals surface area contributed by atoms with Gasteiger partial charge in [-0.1, -0.05) is 0 Å². The van der Waals surface area contributed by atoms with Crippen LogP contribution < -0.4 is 0 Å². The molecule has 3 rings (SSSR count). The molecule has 0 saturated carbocycles. The van der Waals surface area contributed by atoms with Crippen LogP contribution in [0.15, 0.2) is 17.9 Å². The Hall–Kier alpha value is -1.37. The highest BCUT2D eigenvalue weighted by Gasteiger charge is 2.26. The van der Waals surface area contributed by atoms with Gasteiger partial charge in [0.2, 0.25) is 0 Å². The molecule has 1 atom stereocenters. The molecule has 118 valence electrons. The van der Waals surface area contributed by atoms with Gasteiger partial charge in [-0.2, -0.15) is 0 Å². The minimum absolute atomic E-state index is 0.441. The van der Waals surface area contributed by atoms with E-state index in [1.54, 1.807) is 24.6 Å². The molecule has 0 spiro atoms.